The van der Waals surface area contributed by atoms with E-state index >= 15 is 0 Å². The number of nitrogens with zero attached hydrogens (tertiary/aromatic N) is 4. The van der Waals surface area contributed by atoms with Gasteiger partial charge in [0.2, 0.25) is 5.82 Å². The van der Waals surface area contributed by atoms with E-state index < -0.39 is 0 Å². The van der Waals surface area contributed by atoms with Crippen molar-refractivity contribution in [1.82, 2.24) is 20.2 Å². The van der Waals surface area contributed by atoms with Crippen molar-refractivity contribution < 1.29 is 9.53 Å². The summed E-state index contributed by atoms with van der Waals surface area (Å²) in [6.45, 7) is 6.26. The maximum atomic E-state index is 12.8. The van der Waals surface area contributed by atoms with E-state index in [1.807, 2.05) is 49.4 Å². The molecule has 2 aromatic carbocycles. The summed E-state index contributed by atoms with van der Waals surface area (Å²) in [5.74, 6) is 0.840. The number of hydrogen-bond donors (Lipinski definition) is 2. The molecule has 0 saturated heterocycles. The normalized spacial score (nSPS) is 10.8. The van der Waals surface area contributed by atoms with Crippen molar-refractivity contribution in [1.29, 1.82) is 0 Å². The van der Waals surface area contributed by atoms with Crippen molar-refractivity contribution >= 4 is 17.4 Å². The number of amides is 1. The predicted molar refractivity (Wildman–Crippen MR) is 138 cm³/mol. The molecule has 4 rings (SSSR count). The van der Waals surface area contributed by atoms with Crippen molar-refractivity contribution in [3.63, 3.8) is 0 Å². The van der Waals surface area contributed by atoms with Crippen LogP contribution in [0.15, 0.2) is 66.9 Å². The minimum absolute atomic E-state index is 0.150. The van der Waals surface area contributed by atoms with Gasteiger partial charge in [0.1, 0.15) is 11.6 Å². The number of carbonyl (C=O) groups is 1. The van der Waals surface area contributed by atoms with E-state index in [-0.39, 0.29) is 11.7 Å². The van der Waals surface area contributed by atoms with Crippen LogP contribution >= 0.6 is 0 Å². The number of rotatable bonds is 10. The van der Waals surface area contributed by atoms with Gasteiger partial charge in [-0.15, -0.1) is 10.2 Å². The van der Waals surface area contributed by atoms with Gasteiger partial charge in [0.25, 0.3) is 5.91 Å². The van der Waals surface area contributed by atoms with Crippen LogP contribution in [0, 0.1) is 6.92 Å². The maximum Gasteiger partial charge on any atom is 0.294 e. The van der Waals surface area contributed by atoms with Crippen LogP contribution in [0.3, 0.4) is 0 Å². The maximum absolute atomic E-state index is 12.8. The molecule has 1 amide bonds. The van der Waals surface area contributed by atoms with Gasteiger partial charge in [-0.25, -0.2) is 4.98 Å². The van der Waals surface area contributed by atoms with Gasteiger partial charge in [0.05, 0.1) is 6.61 Å². The number of hydrogen-bond acceptors (Lipinski definition) is 6. The van der Waals surface area contributed by atoms with Crippen LogP contribution in [0.4, 0.5) is 11.5 Å². The fourth-order valence-corrected chi connectivity index (χ4v) is 3.74. The number of aryl methyl sites for hydroxylation is 1. The number of aromatic amines is 1. The third kappa shape index (κ3) is 6.30. The van der Waals surface area contributed by atoms with Gasteiger partial charge in [0, 0.05) is 38.5 Å². The molecule has 180 valence electrons. The van der Waals surface area contributed by atoms with Gasteiger partial charge in [-0.05, 0) is 60.4 Å². The summed E-state index contributed by atoms with van der Waals surface area (Å²) >= 11 is 0. The minimum Gasteiger partial charge on any atom is -0.380 e. The van der Waals surface area contributed by atoms with Gasteiger partial charge < -0.3 is 19.9 Å². The van der Waals surface area contributed by atoms with Crippen LogP contribution in [0.2, 0.25) is 0 Å². The molecule has 0 aliphatic carbocycles. The highest BCUT2D eigenvalue weighted by Gasteiger charge is 2.14. The van der Waals surface area contributed by atoms with E-state index in [0.29, 0.717) is 31.3 Å². The largest absolute Gasteiger partial charge is 0.380 e. The number of carbonyl (C=O) groups excluding carboxylic acids is 1. The third-order valence-corrected chi connectivity index (χ3v) is 5.71. The smallest absolute Gasteiger partial charge is 0.294 e. The Balaban J connectivity index is 1.47. The quantitative estimate of drug-likeness (QED) is 0.332. The lowest BCUT2D eigenvalue weighted by Gasteiger charge is -2.21. The SMILES string of the molecule is CCOCCN(C)c1ccc(C)c(-c2ccnc(NC(=O)c3nnc(Cc4ccccc4)[nH]3)c2)c1. The summed E-state index contributed by atoms with van der Waals surface area (Å²) in [5.41, 5.74) is 5.37. The predicted octanol–water partition coefficient (Wildman–Crippen LogP) is 4.49. The lowest BCUT2D eigenvalue weighted by Crippen LogP contribution is -2.22. The molecule has 0 aliphatic rings. The van der Waals surface area contributed by atoms with Gasteiger partial charge in [-0.2, -0.15) is 0 Å². The number of anilines is 2. The zero-order chi connectivity index (χ0) is 24.6. The van der Waals surface area contributed by atoms with Gasteiger partial charge in [-0.1, -0.05) is 36.4 Å². The fourth-order valence-electron chi connectivity index (χ4n) is 3.74. The van der Waals surface area contributed by atoms with Crippen molar-refractivity contribution in [2.24, 2.45) is 0 Å². The zero-order valence-corrected chi connectivity index (χ0v) is 20.3. The van der Waals surface area contributed by atoms with Gasteiger partial charge in [-0.3, -0.25) is 4.79 Å². The molecule has 0 fully saturated rings. The second kappa shape index (κ2) is 11.4. The summed E-state index contributed by atoms with van der Waals surface area (Å²) in [7, 11) is 2.05. The Morgan fingerprint density at radius 1 is 1.09 bits per heavy atom. The van der Waals surface area contributed by atoms with Crippen molar-refractivity contribution in [3.8, 4) is 11.1 Å². The number of H-pyrrole nitrogens is 1. The van der Waals surface area contributed by atoms with E-state index in [2.05, 4.69) is 62.6 Å². The number of likely N-dealkylation sites (N-methyl/N-ethyl adjacent to an activating group) is 1. The number of nitrogens with one attached hydrogen (secondary N) is 2. The average Bonchev–Trinajstić information content (AvgIpc) is 3.34. The summed E-state index contributed by atoms with van der Waals surface area (Å²) in [6, 6.07) is 20.1. The molecule has 8 nitrogen and oxygen atoms in total. The van der Waals surface area contributed by atoms with Gasteiger partial charge >= 0.3 is 0 Å². The number of pyridine rings is 1. The molecule has 4 aromatic rings. The molecule has 0 radical (unpaired) electrons. The molecule has 0 saturated carbocycles. The molecule has 0 unspecified atom stereocenters. The van der Waals surface area contributed by atoms with E-state index in [1.54, 1.807) is 6.20 Å². The van der Waals surface area contributed by atoms with Crippen molar-refractivity contribution in [2.75, 3.05) is 37.0 Å². The average molecular weight is 471 g/mol. The summed E-state index contributed by atoms with van der Waals surface area (Å²) in [5, 5.41) is 10.9. The van der Waals surface area contributed by atoms with Crippen LogP contribution < -0.4 is 10.2 Å². The van der Waals surface area contributed by atoms with Crippen LogP contribution in [0.1, 0.15) is 34.5 Å². The molecular formula is C27H30N6O2. The van der Waals surface area contributed by atoms with Crippen LogP contribution in [0.25, 0.3) is 11.1 Å². The molecule has 0 bridgehead atoms. The van der Waals surface area contributed by atoms with E-state index in [9.17, 15) is 4.79 Å². The second-order valence-corrected chi connectivity index (χ2v) is 8.28. The lowest BCUT2D eigenvalue weighted by molar-refractivity contribution is 0.101. The summed E-state index contributed by atoms with van der Waals surface area (Å²) < 4.78 is 5.48. The molecule has 0 spiro atoms. The van der Waals surface area contributed by atoms with E-state index in [0.717, 1.165) is 34.5 Å². The highest BCUT2D eigenvalue weighted by Crippen LogP contribution is 2.29. The number of benzene rings is 2. The fraction of sp³-hybridized carbons (Fsp3) is 0.259. The van der Waals surface area contributed by atoms with Crippen LogP contribution in [-0.2, 0) is 11.2 Å². The first-order valence-electron chi connectivity index (χ1n) is 11.7. The molecule has 35 heavy (non-hydrogen) atoms. The first kappa shape index (κ1) is 24.1. The Kier molecular flexibility index (Phi) is 7.84. The Hall–Kier alpha value is -4.04. The Labute approximate surface area is 205 Å². The topological polar surface area (TPSA) is 96.0 Å². The highest BCUT2D eigenvalue weighted by atomic mass is 16.5. The molecule has 2 aromatic heterocycles. The highest BCUT2D eigenvalue weighted by molar-refractivity contribution is 6.01. The van der Waals surface area contributed by atoms with E-state index in [1.165, 1.54) is 0 Å². The molecule has 2 heterocycles. The Bertz CT molecular complexity index is 1270. The molecule has 8 heteroatoms. The van der Waals surface area contributed by atoms with Crippen LogP contribution in [-0.4, -0.2) is 52.9 Å². The van der Waals surface area contributed by atoms with Gasteiger partial charge in [0.15, 0.2) is 0 Å². The summed E-state index contributed by atoms with van der Waals surface area (Å²) in [6.07, 6.45) is 2.26. The third-order valence-electron chi connectivity index (χ3n) is 5.71. The van der Waals surface area contributed by atoms with Crippen LogP contribution in [0.5, 0.6) is 0 Å². The van der Waals surface area contributed by atoms with Crippen molar-refractivity contribution in [2.45, 2.75) is 20.3 Å². The minimum atomic E-state index is -0.386. The first-order chi connectivity index (χ1) is 17.0. The number of ether oxygens (including phenoxy) is 1. The molecule has 0 aliphatic heterocycles. The zero-order valence-electron chi connectivity index (χ0n) is 20.3. The number of aromatic nitrogens is 4. The monoisotopic (exact) mass is 470 g/mol. The first-order valence-corrected chi connectivity index (χ1v) is 11.7. The van der Waals surface area contributed by atoms with Crippen molar-refractivity contribution in [3.05, 3.63) is 89.6 Å². The Morgan fingerprint density at radius 2 is 1.91 bits per heavy atom. The van der Waals surface area contributed by atoms with E-state index in [4.69, 9.17) is 4.74 Å². The second-order valence-electron chi connectivity index (χ2n) is 8.28. The standard InChI is InChI=1S/C27H30N6O2/c1-4-35-15-14-33(3)22-11-10-19(2)23(18-22)21-12-13-28-24(17-21)30-27(34)26-29-25(31-32-26)16-20-8-6-5-7-9-20/h5-13,17-18H,4,14-16H2,1-3H3,(H,28,30,34)(H,29,31,32). The molecule has 2 N–H and O–H groups in total. The summed E-state index contributed by atoms with van der Waals surface area (Å²) in [4.78, 5) is 22.2. The lowest BCUT2D eigenvalue weighted by atomic mass is 10.0. The Morgan fingerprint density at radius 3 is 2.71 bits per heavy atom. The molecular weight excluding hydrogens is 440 g/mol. The molecule has 0 atom stereocenters.